The first-order valence-corrected chi connectivity index (χ1v) is 9.10. The lowest BCUT2D eigenvalue weighted by molar-refractivity contribution is -0.628. The molecule has 9 heteroatoms. The van der Waals surface area contributed by atoms with E-state index >= 15 is 0 Å². The molecule has 0 rings (SSSR count). The van der Waals surface area contributed by atoms with Gasteiger partial charge in [0.05, 0.1) is 23.8 Å². The van der Waals surface area contributed by atoms with Crippen molar-refractivity contribution in [3.63, 3.8) is 0 Å². The predicted molar refractivity (Wildman–Crippen MR) is 94.9 cm³/mol. The number of hydrogen-bond donors (Lipinski definition) is 3. The second-order valence-corrected chi connectivity index (χ2v) is 7.24. The molecule has 27 heavy (non-hydrogen) atoms. The van der Waals surface area contributed by atoms with Crippen LogP contribution in [0.3, 0.4) is 0 Å². The van der Waals surface area contributed by atoms with Gasteiger partial charge in [0.15, 0.2) is 13.6 Å². The fourth-order valence-corrected chi connectivity index (χ4v) is 3.07. The standard InChI is InChI=1S/C18H33NO8/c1-6-17(3,15(23)25-8-7-19-5)10-18(4,16(24)27-12-21)9-13(2)14(22)26-11-20/h13,19-21H,6-12H2,1-5H3/p+1. The molecule has 158 valence electrons. The monoisotopic (exact) mass is 392 g/mol. The second kappa shape index (κ2) is 11.9. The maximum absolute atomic E-state index is 12.6. The van der Waals surface area contributed by atoms with Crippen molar-refractivity contribution < 1.29 is 44.1 Å². The highest BCUT2D eigenvalue weighted by molar-refractivity contribution is 5.81. The number of ether oxygens (including phenoxy) is 3. The third-order valence-corrected chi connectivity index (χ3v) is 4.75. The number of aliphatic hydroxyl groups excluding tert-OH is 2. The molecule has 0 aliphatic rings. The Labute approximate surface area is 160 Å². The summed E-state index contributed by atoms with van der Waals surface area (Å²) in [5, 5.41) is 19.6. The Morgan fingerprint density at radius 1 is 1.00 bits per heavy atom. The molecule has 0 fully saturated rings. The van der Waals surface area contributed by atoms with Gasteiger partial charge in [-0.15, -0.1) is 0 Å². The molecule has 0 bridgehead atoms. The molecule has 0 aliphatic carbocycles. The SMILES string of the molecule is CCC(C)(CC(C)(CC(C)C(=O)OCO)C(=O)OCO)C(=O)OCC[NH2+]C. The molecule has 0 amide bonds. The molecule has 0 radical (unpaired) electrons. The number of hydrogen-bond acceptors (Lipinski definition) is 8. The summed E-state index contributed by atoms with van der Waals surface area (Å²) in [4.78, 5) is 37.0. The van der Waals surface area contributed by atoms with Crippen LogP contribution >= 0.6 is 0 Å². The summed E-state index contributed by atoms with van der Waals surface area (Å²) in [6.07, 6.45) is 0.510. The zero-order chi connectivity index (χ0) is 21.1. The minimum absolute atomic E-state index is 0.0241. The van der Waals surface area contributed by atoms with E-state index in [9.17, 15) is 14.4 Å². The van der Waals surface area contributed by atoms with Gasteiger partial charge in [0.1, 0.15) is 13.2 Å². The van der Waals surface area contributed by atoms with Crippen LogP contribution in [0.5, 0.6) is 0 Å². The Morgan fingerprint density at radius 2 is 1.56 bits per heavy atom. The lowest BCUT2D eigenvalue weighted by Gasteiger charge is -2.36. The average Bonchev–Trinajstić information content (AvgIpc) is 2.61. The predicted octanol–water partition coefficient (Wildman–Crippen LogP) is -0.452. The van der Waals surface area contributed by atoms with E-state index in [0.29, 0.717) is 13.0 Å². The van der Waals surface area contributed by atoms with Gasteiger partial charge >= 0.3 is 17.9 Å². The van der Waals surface area contributed by atoms with Gasteiger partial charge in [-0.25, -0.2) is 0 Å². The highest BCUT2D eigenvalue weighted by atomic mass is 16.6. The fraction of sp³-hybridized carbons (Fsp3) is 0.833. The number of carbonyl (C=O) groups is 3. The van der Waals surface area contributed by atoms with Crippen molar-refractivity contribution >= 4 is 17.9 Å². The molecule has 0 aromatic heterocycles. The van der Waals surface area contributed by atoms with E-state index in [-0.39, 0.29) is 19.4 Å². The number of likely N-dealkylation sites (N-methyl/N-ethyl adjacent to an activating group) is 1. The molecule has 4 N–H and O–H groups in total. The van der Waals surface area contributed by atoms with Gasteiger partial charge in [0, 0.05) is 0 Å². The topological polar surface area (TPSA) is 136 Å². The summed E-state index contributed by atoms with van der Waals surface area (Å²) in [7, 11) is 1.86. The molecule has 3 unspecified atom stereocenters. The van der Waals surface area contributed by atoms with E-state index in [1.54, 1.807) is 20.8 Å². The minimum Gasteiger partial charge on any atom is -0.459 e. The van der Waals surface area contributed by atoms with E-state index < -0.39 is 48.2 Å². The highest BCUT2D eigenvalue weighted by Crippen LogP contribution is 2.42. The summed E-state index contributed by atoms with van der Waals surface area (Å²) in [6.45, 7) is 5.97. The van der Waals surface area contributed by atoms with Crippen molar-refractivity contribution in [2.45, 2.75) is 47.0 Å². The number of aliphatic hydroxyl groups is 2. The van der Waals surface area contributed by atoms with Gasteiger partial charge in [-0.2, -0.15) is 0 Å². The Hall–Kier alpha value is -1.71. The molecule has 0 saturated heterocycles. The number of quaternary nitrogens is 1. The first-order valence-electron chi connectivity index (χ1n) is 9.10. The summed E-state index contributed by atoms with van der Waals surface area (Å²) >= 11 is 0. The van der Waals surface area contributed by atoms with Crippen LogP contribution in [0.15, 0.2) is 0 Å². The normalized spacial score (nSPS) is 16.6. The van der Waals surface area contributed by atoms with Crippen LogP contribution in [0, 0.1) is 16.7 Å². The van der Waals surface area contributed by atoms with Crippen molar-refractivity contribution in [1.82, 2.24) is 0 Å². The number of rotatable bonds is 13. The quantitative estimate of drug-likeness (QED) is 0.166. The summed E-state index contributed by atoms with van der Waals surface area (Å²) in [5.41, 5.74) is -2.21. The van der Waals surface area contributed by atoms with E-state index in [1.165, 1.54) is 0 Å². The van der Waals surface area contributed by atoms with Crippen molar-refractivity contribution in [1.29, 1.82) is 0 Å². The van der Waals surface area contributed by atoms with Crippen LogP contribution in [-0.4, -0.2) is 61.9 Å². The van der Waals surface area contributed by atoms with Crippen molar-refractivity contribution in [3.05, 3.63) is 0 Å². The van der Waals surface area contributed by atoms with Gasteiger partial charge in [-0.3, -0.25) is 14.4 Å². The van der Waals surface area contributed by atoms with Crippen molar-refractivity contribution in [2.24, 2.45) is 16.7 Å². The number of carbonyl (C=O) groups excluding carboxylic acids is 3. The van der Waals surface area contributed by atoms with Gasteiger partial charge in [0.2, 0.25) is 0 Å². The van der Waals surface area contributed by atoms with E-state index in [0.717, 1.165) is 0 Å². The van der Waals surface area contributed by atoms with Crippen LogP contribution in [0.25, 0.3) is 0 Å². The van der Waals surface area contributed by atoms with Crippen LogP contribution in [0.1, 0.15) is 47.0 Å². The first kappa shape index (κ1) is 25.3. The van der Waals surface area contributed by atoms with Crippen molar-refractivity contribution in [3.8, 4) is 0 Å². The number of nitrogens with two attached hydrogens (primary N) is 1. The van der Waals surface area contributed by atoms with Crippen LogP contribution in [-0.2, 0) is 28.6 Å². The lowest BCUT2D eigenvalue weighted by Crippen LogP contribution is -2.80. The highest BCUT2D eigenvalue weighted by Gasteiger charge is 2.47. The van der Waals surface area contributed by atoms with E-state index in [4.69, 9.17) is 19.7 Å². The summed E-state index contributed by atoms with van der Waals surface area (Å²) < 4.78 is 14.7. The molecule has 0 aromatic rings. The maximum Gasteiger partial charge on any atom is 0.313 e. The van der Waals surface area contributed by atoms with E-state index in [1.807, 2.05) is 19.3 Å². The van der Waals surface area contributed by atoms with Crippen molar-refractivity contribution in [2.75, 3.05) is 33.8 Å². The number of esters is 3. The second-order valence-electron chi connectivity index (χ2n) is 7.24. The third-order valence-electron chi connectivity index (χ3n) is 4.75. The van der Waals surface area contributed by atoms with Crippen LogP contribution < -0.4 is 5.32 Å². The zero-order valence-corrected chi connectivity index (χ0v) is 16.9. The Kier molecular flexibility index (Phi) is 11.1. The minimum atomic E-state index is -1.24. The van der Waals surface area contributed by atoms with Gasteiger partial charge in [-0.05, 0) is 33.1 Å². The van der Waals surface area contributed by atoms with Crippen LogP contribution in [0.4, 0.5) is 0 Å². The molecule has 0 spiro atoms. The summed E-state index contributed by atoms with van der Waals surface area (Å²) in [6, 6.07) is 0. The molecule has 0 aromatic carbocycles. The first-order chi connectivity index (χ1) is 12.6. The maximum atomic E-state index is 12.6. The third kappa shape index (κ3) is 7.82. The lowest BCUT2D eigenvalue weighted by atomic mass is 9.68. The molecule has 3 atom stereocenters. The van der Waals surface area contributed by atoms with Crippen LogP contribution in [0.2, 0.25) is 0 Å². The van der Waals surface area contributed by atoms with Gasteiger partial charge in [0.25, 0.3) is 0 Å². The molecule has 0 aliphatic heterocycles. The largest absolute Gasteiger partial charge is 0.459 e. The molecule has 0 heterocycles. The average molecular weight is 392 g/mol. The Bertz CT molecular complexity index is 498. The zero-order valence-electron chi connectivity index (χ0n) is 16.9. The summed E-state index contributed by atoms with van der Waals surface area (Å²) in [5.74, 6) is -2.54. The molecule has 9 nitrogen and oxygen atoms in total. The Balaban J connectivity index is 5.49. The van der Waals surface area contributed by atoms with E-state index in [2.05, 4.69) is 4.74 Å². The van der Waals surface area contributed by atoms with Gasteiger partial charge < -0.3 is 29.7 Å². The van der Waals surface area contributed by atoms with Gasteiger partial charge in [-0.1, -0.05) is 13.8 Å². The molecule has 0 saturated carbocycles. The fourth-order valence-electron chi connectivity index (χ4n) is 3.07. The Morgan fingerprint density at radius 3 is 2.04 bits per heavy atom. The molecular formula is C18H34NO8+. The molecular weight excluding hydrogens is 358 g/mol. The smallest absolute Gasteiger partial charge is 0.313 e.